The molecule has 3 aromatic heterocycles. The third kappa shape index (κ3) is 4.69. The lowest BCUT2D eigenvalue weighted by atomic mass is 10.1. The highest BCUT2D eigenvalue weighted by molar-refractivity contribution is 5.46. The van der Waals surface area contributed by atoms with Gasteiger partial charge in [-0.3, -0.25) is 4.98 Å². The van der Waals surface area contributed by atoms with Gasteiger partial charge in [0.05, 0.1) is 11.9 Å². The lowest BCUT2D eigenvalue weighted by Gasteiger charge is -2.18. The van der Waals surface area contributed by atoms with Crippen LogP contribution in [0.25, 0.3) is 0 Å². The largest absolute Gasteiger partial charge is 0.468 e. The van der Waals surface area contributed by atoms with Gasteiger partial charge < -0.3 is 15.0 Å². The number of rotatable bonds is 6. The van der Waals surface area contributed by atoms with E-state index in [2.05, 4.69) is 30.0 Å². The van der Waals surface area contributed by atoms with Gasteiger partial charge in [-0.2, -0.15) is 13.2 Å². The van der Waals surface area contributed by atoms with E-state index < -0.39 is 12.8 Å². The Kier molecular flexibility index (Phi) is 4.82. The van der Waals surface area contributed by atoms with E-state index in [0.717, 1.165) is 5.56 Å². The molecule has 3 aromatic rings. The molecule has 25 heavy (non-hydrogen) atoms. The highest BCUT2D eigenvalue weighted by atomic mass is 19.4. The zero-order valence-corrected chi connectivity index (χ0v) is 12.9. The molecule has 0 aromatic carbocycles. The number of hydrogen-bond donors (Lipinski definition) is 2. The molecule has 9 heteroatoms. The molecule has 0 spiro atoms. The highest BCUT2D eigenvalue weighted by Gasteiger charge is 2.28. The van der Waals surface area contributed by atoms with Crippen molar-refractivity contribution < 1.29 is 17.9 Å². The van der Waals surface area contributed by atoms with E-state index in [1.54, 1.807) is 36.9 Å². The van der Waals surface area contributed by atoms with Crippen molar-refractivity contribution in [2.24, 2.45) is 0 Å². The van der Waals surface area contributed by atoms with Gasteiger partial charge in [-0.25, -0.2) is 9.97 Å². The fourth-order valence-corrected chi connectivity index (χ4v) is 2.17. The number of aromatic nitrogens is 4. The first kappa shape index (κ1) is 16.7. The predicted molar refractivity (Wildman–Crippen MR) is 84.1 cm³/mol. The van der Waals surface area contributed by atoms with Crippen molar-refractivity contribution in [3.8, 4) is 5.88 Å². The van der Waals surface area contributed by atoms with Crippen molar-refractivity contribution in [3.05, 3.63) is 66.6 Å². The molecule has 130 valence electrons. The van der Waals surface area contributed by atoms with Crippen LogP contribution >= 0.6 is 0 Å². The normalized spacial score (nSPS) is 12.6. The molecule has 3 heterocycles. The fourth-order valence-electron chi connectivity index (χ4n) is 2.17. The summed E-state index contributed by atoms with van der Waals surface area (Å²) in [4.78, 5) is 15.3. The van der Waals surface area contributed by atoms with Gasteiger partial charge in [0, 0.05) is 36.4 Å². The minimum Gasteiger partial charge on any atom is -0.468 e. The smallest absolute Gasteiger partial charge is 0.422 e. The summed E-state index contributed by atoms with van der Waals surface area (Å²) in [6.45, 7) is -1.38. The topological polar surface area (TPSA) is 75.7 Å². The van der Waals surface area contributed by atoms with E-state index in [9.17, 15) is 13.2 Å². The highest BCUT2D eigenvalue weighted by Crippen LogP contribution is 2.24. The number of nitrogens with one attached hydrogen (secondary N) is 2. The number of hydrogen-bond acceptors (Lipinski definition) is 5. The second kappa shape index (κ2) is 7.20. The third-order valence-electron chi connectivity index (χ3n) is 3.24. The molecule has 0 bridgehead atoms. The zero-order valence-electron chi connectivity index (χ0n) is 12.9. The lowest BCUT2D eigenvalue weighted by Crippen LogP contribution is -2.19. The Hall–Kier alpha value is -3.10. The maximum Gasteiger partial charge on any atom is 0.422 e. The van der Waals surface area contributed by atoms with Crippen molar-refractivity contribution in [1.82, 2.24) is 19.9 Å². The van der Waals surface area contributed by atoms with Crippen LogP contribution in [0, 0.1) is 0 Å². The first-order valence-electron chi connectivity index (χ1n) is 7.32. The summed E-state index contributed by atoms with van der Waals surface area (Å²) < 4.78 is 41.1. The van der Waals surface area contributed by atoms with Crippen molar-refractivity contribution in [2.45, 2.75) is 12.2 Å². The monoisotopic (exact) mass is 349 g/mol. The Balaban J connectivity index is 1.74. The molecular formula is C16H14F3N5O. The number of anilines is 1. The third-order valence-corrected chi connectivity index (χ3v) is 3.24. The van der Waals surface area contributed by atoms with E-state index in [1.165, 1.54) is 12.3 Å². The van der Waals surface area contributed by atoms with Gasteiger partial charge in [-0.15, -0.1) is 0 Å². The molecule has 0 radical (unpaired) electrons. The Morgan fingerprint density at radius 1 is 1.12 bits per heavy atom. The maximum atomic E-state index is 12.2. The number of alkyl halides is 3. The molecule has 0 aliphatic carbocycles. The fraction of sp³-hybridized carbons (Fsp3) is 0.188. The molecule has 0 aliphatic heterocycles. The number of pyridine rings is 2. The summed E-state index contributed by atoms with van der Waals surface area (Å²) in [5.74, 6) is 0.573. The number of halogens is 3. The van der Waals surface area contributed by atoms with Crippen LogP contribution in [0.1, 0.15) is 17.4 Å². The van der Waals surface area contributed by atoms with E-state index in [0.29, 0.717) is 11.5 Å². The Bertz CT molecular complexity index is 776. The standard InChI is InChI=1S/C16H14F3N5O/c17-16(18,19)10-25-13-4-3-12(9-23-13)24-14(15-21-6-7-22-15)11-2-1-5-20-8-11/h1-9,14,24H,10H2,(H,21,22)/t14-/m0/s1. The first-order chi connectivity index (χ1) is 12.0. The zero-order chi connectivity index (χ0) is 17.7. The minimum absolute atomic E-state index is 0.0983. The summed E-state index contributed by atoms with van der Waals surface area (Å²) in [5, 5.41) is 3.22. The first-order valence-corrected chi connectivity index (χ1v) is 7.32. The summed E-state index contributed by atoms with van der Waals surface area (Å²) in [7, 11) is 0. The van der Waals surface area contributed by atoms with Gasteiger partial charge in [-0.05, 0) is 12.1 Å². The predicted octanol–water partition coefficient (Wildman–Crippen LogP) is 3.34. The van der Waals surface area contributed by atoms with Crippen LogP contribution in [-0.2, 0) is 0 Å². The van der Waals surface area contributed by atoms with Crippen LogP contribution in [0.2, 0.25) is 0 Å². The number of aromatic amines is 1. The van der Waals surface area contributed by atoms with Crippen LogP contribution in [0.5, 0.6) is 5.88 Å². The molecule has 0 aliphatic rings. The van der Waals surface area contributed by atoms with Crippen LogP contribution in [0.3, 0.4) is 0 Å². The summed E-state index contributed by atoms with van der Waals surface area (Å²) in [6, 6.07) is 6.34. The molecule has 0 saturated carbocycles. The van der Waals surface area contributed by atoms with Gasteiger partial charge in [0.25, 0.3) is 0 Å². The average molecular weight is 349 g/mol. The number of ether oxygens (including phenoxy) is 1. The Labute approximate surface area is 141 Å². The maximum absolute atomic E-state index is 12.2. The van der Waals surface area contributed by atoms with E-state index in [4.69, 9.17) is 0 Å². The van der Waals surface area contributed by atoms with E-state index in [1.807, 2.05) is 6.07 Å². The van der Waals surface area contributed by atoms with E-state index >= 15 is 0 Å². The minimum atomic E-state index is -4.40. The number of H-pyrrole nitrogens is 1. The molecule has 1 atom stereocenters. The van der Waals surface area contributed by atoms with E-state index in [-0.39, 0.29) is 11.9 Å². The molecule has 0 fully saturated rings. The van der Waals surface area contributed by atoms with Crippen molar-refractivity contribution >= 4 is 5.69 Å². The van der Waals surface area contributed by atoms with Gasteiger partial charge in [0.15, 0.2) is 6.61 Å². The van der Waals surface area contributed by atoms with Gasteiger partial charge >= 0.3 is 6.18 Å². The molecular weight excluding hydrogens is 335 g/mol. The van der Waals surface area contributed by atoms with Crippen molar-refractivity contribution in [1.29, 1.82) is 0 Å². The van der Waals surface area contributed by atoms with Crippen LogP contribution in [-0.4, -0.2) is 32.7 Å². The van der Waals surface area contributed by atoms with Gasteiger partial charge in [0.1, 0.15) is 11.9 Å². The molecule has 0 unspecified atom stereocenters. The summed E-state index contributed by atoms with van der Waals surface area (Å²) >= 11 is 0. The molecule has 2 N–H and O–H groups in total. The molecule has 3 rings (SSSR count). The number of nitrogens with zero attached hydrogens (tertiary/aromatic N) is 3. The summed E-state index contributed by atoms with van der Waals surface area (Å²) in [6.07, 6.45) is 3.70. The number of imidazole rings is 1. The molecule has 0 saturated heterocycles. The Morgan fingerprint density at radius 3 is 2.60 bits per heavy atom. The summed E-state index contributed by atoms with van der Waals surface area (Å²) in [5.41, 5.74) is 1.47. The van der Waals surface area contributed by atoms with Crippen molar-refractivity contribution in [2.75, 3.05) is 11.9 Å². The van der Waals surface area contributed by atoms with Crippen LogP contribution in [0.4, 0.5) is 18.9 Å². The molecule has 0 amide bonds. The van der Waals surface area contributed by atoms with Crippen LogP contribution in [0.15, 0.2) is 55.2 Å². The molecule has 6 nitrogen and oxygen atoms in total. The SMILES string of the molecule is FC(F)(F)COc1ccc(N[C@@H](c2cccnc2)c2ncc[nH]2)cn1. The second-order valence-electron chi connectivity index (χ2n) is 5.13. The van der Waals surface area contributed by atoms with Gasteiger partial charge in [-0.1, -0.05) is 6.07 Å². The van der Waals surface area contributed by atoms with Crippen molar-refractivity contribution in [3.63, 3.8) is 0 Å². The second-order valence-corrected chi connectivity index (χ2v) is 5.13. The van der Waals surface area contributed by atoms with Gasteiger partial charge in [0.2, 0.25) is 5.88 Å². The lowest BCUT2D eigenvalue weighted by molar-refractivity contribution is -0.154. The van der Waals surface area contributed by atoms with Crippen LogP contribution < -0.4 is 10.1 Å². The Morgan fingerprint density at radius 2 is 2.00 bits per heavy atom. The quantitative estimate of drug-likeness (QED) is 0.714. The average Bonchev–Trinajstić information content (AvgIpc) is 3.13.